The molecule has 0 amide bonds. The molecule has 0 spiro atoms. The molecule has 5 heterocycles. The first-order chi connectivity index (χ1) is 20.4. The van der Waals surface area contributed by atoms with Gasteiger partial charge in [0.25, 0.3) is 0 Å². The van der Waals surface area contributed by atoms with Crippen molar-refractivity contribution in [1.82, 2.24) is 33.9 Å². The Morgan fingerprint density at radius 1 is 0.522 bits per heavy atom. The third-order valence-corrected chi connectivity index (χ3v) is 9.51. The van der Waals surface area contributed by atoms with Crippen molar-refractivity contribution < 1.29 is 55.8 Å². The first-order valence-corrected chi connectivity index (χ1v) is 15.8. The topological polar surface area (TPSA) is 55.0 Å². The molecule has 244 valence electrons. The number of rotatable bonds is 6. The maximum absolute atomic E-state index is 5.30. The Morgan fingerprint density at radius 2 is 0.891 bits per heavy atom. The van der Waals surface area contributed by atoms with Crippen LogP contribution >= 0.6 is 0 Å². The number of likely N-dealkylation sites (tertiary alicyclic amines) is 2. The number of aryl methyl sites for hydroxylation is 4. The predicted molar refractivity (Wildman–Crippen MR) is 171 cm³/mol. The van der Waals surface area contributed by atoms with E-state index in [1.807, 2.05) is 0 Å². The molecular formula is C35H43Cl3N7V. The SMILES string of the molecule is Cc1cc2nc(-c3cccc(-c4nc5cc(C)c(C)cc5n4CN4CCCCC4)n3)n(CN3CCCCC3)c2cc1C.[Cl-].[Cl-].[Cl-].[V+3]. The molecule has 0 bridgehead atoms. The van der Waals surface area contributed by atoms with E-state index >= 15 is 0 Å². The molecule has 0 saturated carbocycles. The summed E-state index contributed by atoms with van der Waals surface area (Å²) in [6.45, 7) is 15.0. The minimum Gasteiger partial charge on any atom is -1.00 e. The van der Waals surface area contributed by atoms with Gasteiger partial charge in [-0.1, -0.05) is 18.9 Å². The number of benzene rings is 2. The maximum atomic E-state index is 5.30. The number of pyridine rings is 1. The van der Waals surface area contributed by atoms with E-state index in [0.717, 1.165) is 73.6 Å². The van der Waals surface area contributed by atoms with Crippen LogP contribution in [0.5, 0.6) is 0 Å². The van der Waals surface area contributed by atoms with Gasteiger partial charge >= 0.3 is 18.6 Å². The predicted octanol–water partition coefficient (Wildman–Crippen LogP) is -1.76. The van der Waals surface area contributed by atoms with E-state index < -0.39 is 0 Å². The van der Waals surface area contributed by atoms with E-state index in [2.05, 4.69) is 89.1 Å². The summed E-state index contributed by atoms with van der Waals surface area (Å²) in [5, 5.41) is 0. The summed E-state index contributed by atoms with van der Waals surface area (Å²) >= 11 is 0. The van der Waals surface area contributed by atoms with Crippen LogP contribution in [0.25, 0.3) is 45.1 Å². The zero-order chi connectivity index (χ0) is 28.8. The number of aromatic nitrogens is 5. The smallest absolute Gasteiger partial charge is 1.00 e. The van der Waals surface area contributed by atoms with Crippen molar-refractivity contribution in [2.24, 2.45) is 0 Å². The van der Waals surface area contributed by atoms with Gasteiger partial charge in [0.05, 0.1) is 35.4 Å². The standard InChI is InChI=1S/C35H43N7.3ClH.V/c1-24-18-30-32(20-26(24)3)41(22-39-14-7-5-8-15-39)34(37-30)28-12-11-13-29(36-28)35-38-31-19-25(2)27(4)21-33(31)42(35)23-40-16-9-6-10-17-40;;;;/h11-13,18-21H,5-10,14-17,22-23H2,1-4H3;3*1H;/q;;;;+3/p-3. The van der Waals surface area contributed by atoms with Gasteiger partial charge in [-0.05, 0) is 138 Å². The van der Waals surface area contributed by atoms with Gasteiger partial charge in [0.1, 0.15) is 11.4 Å². The van der Waals surface area contributed by atoms with Crippen LogP contribution in [0.15, 0.2) is 42.5 Å². The Bertz CT molecular complexity index is 1650. The van der Waals surface area contributed by atoms with Gasteiger partial charge in [-0.3, -0.25) is 9.80 Å². The summed E-state index contributed by atoms with van der Waals surface area (Å²) in [6, 6.07) is 15.4. The fraction of sp³-hybridized carbons (Fsp3) is 0.457. The summed E-state index contributed by atoms with van der Waals surface area (Å²) < 4.78 is 4.78. The van der Waals surface area contributed by atoms with Crippen molar-refractivity contribution in [2.45, 2.75) is 79.6 Å². The monoisotopic (exact) mass is 717 g/mol. The van der Waals surface area contributed by atoms with E-state index in [1.54, 1.807) is 0 Å². The average molecular weight is 719 g/mol. The molecule has 2 fully saturated rings. The maximum Gasteiger partial charge on any atom is 3.00 e. The molecule has 7 nitrogen and oxygen atoms in total. The van der Waals surface area contributed by atoms with Crippen LogP contribution in [0.4, 0.5) is 0 Å². The Balaban J connectivity index is 0.00000144. The van der Waals surface area contributed by atoms with Gasteiger partial charge in [0.15, 0.2) is 11.6 Å². The summed E-state index contributed by atoms with van der Waals surface area (Å²) in [5.41, 5.74) is 11.4. The quantitative estimate of drug-likeness (QED) is 0.209. The molecule has 2 aliphatic heterocycles. The Morgan fingerprint density at radius 3 is 1.28 bits per heavy atom. The number of halogens is 3. The van der Waals surface area contributed by atoms with Crippen LogP contribution in [0.2, 0.25) is 0 Å². The third-order valence-electron chi connectivity index (χ3n) is 9.51. The van der Waals surface area contributed by atoms with Crippen molar-refractivity contribution in [3.8, 4) is 23.0 Å². The van der Waals surface area contributed by atoms with Crippen LogP contribution < -0.4 is 37.2 Å². The molecule has 11 heteroatoms. The van der Waals surface area contributed by atoms with Crippen LogP contribution in [-0.4, -0.2) is 60.1 Å². The molecule has 0 radical (unpaired) electrons. The molecule has 0 N–H and O–H groups in total. The van der Waals surface area contributed by atoms with Gasteiger partial charge in [-0.2, -0.15) is 0 Å². The van der Waals surface area contributed by atoms with E-state index in [0.29, 0.717) is 0 Å². The molecular weight excluding hydrogens is 676 g/mol. The van der Waals surface area contributed by atoms with Gasteiger partial charge in [-0.15, -0.1) is 0 Å². The van der Waals surface area contributed by atoms with Crippen molar-refractivity contribution in [3.05, 3.63) is 64.7 Å². The van der Waals surface area contributed by atoms with Gasteiger partial charge in [0.2, 0.25) is 0 Å². The van der Waals surface area contributed by atoms with Crippen LogP contribution in [0.3, 0.4) is 0 Å². The molecule has 5 aromatic rings. The third kappa shape index (κ3) is 7.62. The summed E-state index contributed by atoms with van der Waals surface area (Å²) in [7, 11) is 0. The second-order valence-electron chi connectivity index (χ2n) is 12.6. The number of imidazole rings is 2. The zero-order valence-corrected chi connectivity index (χ0v) is 30.9. The fourth-order valence-electron chi connectivity index (χ4n) is 6.72. The minimum absolute atomic E-state index is 0. The summed E-state index contributed by atoms with van der Waals surface area (Å²) in [5.74, 6) is 1.88. The van der Waals surface area contributed by atoms with Gasteiger partial charge < -0.3 is 46.4 Å². The number of hydrogen-bond acceptors (Lipinski definition) is 5. The van der Waals surface area contributed by atoms with Crippen molar-refractivity contribution in [3.63, 3.8) is 0 Å². The van der Waals surface area contributed by atoms with Crippen LogP contribution in [0, 0.1) is 27.7 Å². The molecule has 2 aliphatic rings. The van der Waals surface area contributed by atoms with Crippen molar-refractivity contribution in [1.29, 1.82) is 0 Å². The number of hydrogen-bond donors (Lipinski definition) is 0. The van der Waals surface area contributed by atoms with Crippen molar-refractivity contribution in [2.75, 3.05) is 26.2 Å². The molecule has 3 aromatic heterocycles. The van der Waals surface area contributed by atoms with E-state index in [9.17, 15) is 0 Å². The summed E-state index contributed by atoms with van der Waals surface area (Å²) in [4.78, 5) is 20.8. The van der Waals surface area contributed by atoms with E-state index in [-0.39, 0.29) is 55.8 Å². The molecule has 2 saturated heterocycles. The number of nitrogens with zero attached hydrogens (tertiary/aromatic N) is 7. The van der Waals surface area contributed by atoms with E-state index in [4.69, 9.17) is 15.0 Å². The average Bonchev–Trinajstić information content (AvgIpc) is 3.52. The summed E-state index contributed by atoms with van der Waals surface area (Å²) in [6.07, 6.45) is 7.71. The first kappa shape index (κ1) is 38.4. The normalized spacial score (nSPS) is 15.6. The molecule has 2 aromatic carbocycles. The fourth-order valence-corrected chi connectivity index (χ4v) is 6.72. The molecule has 0 unspecified atom stereocenters. The first-order valence-electron chi connectivity index (χ1n) is 15.8. The Kier molecular flexibility index (Phi) is 13.6. The second kappa shape index (κ2) is 16.3. The number of fused-ring (bicyclic) bond motifs is 2. The Hall–Kier alpha value is -2.10. The number of piperidine rings is 2. The molecule has 46 heavy (non-hydrogen) atoms. The minimum atomic E-state index is 0. The van der Waals surface area contributed by atoms with Crippen molar-refractivity contribution >= 4 is 22.1 Å². The van der Waals surface area contributed by atoms with E-state index in [1.165, 1.54) is 71.8 Å². The molecule has 0 aliphatic carbocycles. The molecule has 0 atom stereocenters. The van der Waals surface area contributed by atoms with Gasteiger partial charge in [0, 0.05) is 0 Å². The largest absolute Gasteiger partial charge is 3.00 e. The zero-order valence-electron chi connectivity index (χ0n) is 27.2. The van der Waals surface area contributed by atoms with Gasteiger partial charge in [-0.25, -0.2) is 15.0 Å². The van der Waals surface area contributed by atoms with Crippen LogP contribution in [0.1, 0.15) is 60.8 Å². The second-order valence-corrected chi connectivity index (χ2v) is 12.6. The van der Waals surface area contributed by atoms with Crippen LogP contribution in [-0.2, 0) is 31.9 Å². The molecule has 7 rings (SSSR count). The Labute approximate surface area is 303 Å².